The molecular formula is C19H30N4O2. The first kappa shape index (κ1) is 19.2. The molecule has 6 nitrogen and oxygen atoms in total. The number of rotatable bonds is 9. The van der Waals surface area contributed by atoms with E-state index in [2.05, 4.69) is 39.9 Å². The molecule has 25 heavy (non-hydrogen) atoms. The van der Waals surface area contributed by atoms with Crippen molar-refractivity contribution in [3.63, 3.8) is 0 Å². The van der Waals surface area contributed by atoms with Crippen molar-refractivity contribution in [1.29, 1.82) is 0 Å². The number of nitrogens with one attached hydrogen (secondary N) is 2. The lowest BCUT2D eigenvalue weighted by Crippen LogP contribution is -2.42. The molecule has 0 saturated heterocycles. The summed E-state index contributed by atoms with van der Waals surface area (Å²) in [5.41, 5.74) is 1.67. The van der Waals surface area contributed by atoms with Gasteiger partial charge >= 0.3 is 0 Å². The van der Waals surface area contributed by atoms with Gasteiger partial charge in [-0.05, 0) is 30.2 Å². The van der Waals surface area contributed by atoms with E-state index in [0.29, 0.717) is 24.5 Å². The Morgan fingerprint density at radius 1 is 1.24 bits per heavy atom. The number of guanidine groups is 1. The van der Waals surface area contributed by atoms with Gasteiger partial charge in [0.1, 0.15) is 6.54 Å². The molecule has 0 aliphatic heterocycles. The van der Waals surface area contributed by atoms with E-state index in [9.17, 15) is 4.79 Å². The standard InChI is InChI=1S/C19H30N4O2/c1-23(2)17(24)14-21-18(20-11-12-25-3)22-15-19(9-10-19)13-16-7-5-4-6-8-16/h4-8H,9-15H2,1-3H3,(H2,20,21,22). The zero-order valence-electron chi connectivity index (χ0n) is 15.5. The first-order valence-electron chi connectivity index (χ1n) is 8.80. The highest BCUT2D eigenvalue weighted by Crippen LogP contribution is 2.47. The van der Waals surface area contributed by atoms with Crippen LogP contribution in [0.1, 0.15) is 18.4 Å². The van der Waals surface area contributed by atoms with E-state index in [1.54, 1.807) is 26.1 Å². The second-order valence-electron chi connectivity index (χ2n) is 6.89. The molecule has 1 aromatic carbocycles. The number of hydrogen-bond donors (Lipinski definition) is 2. The van der Waals surface area contributed by atoms with Crippen molar-refractivity contribution in [1.82, 2.24) is 15.5 Å². The minimum Gasteiger partial charge on any atom is -0.383 e. The number of carbonyl (C=O) groups is 1. The number of aliphatic imine (C=N–C) groups is 1. The summed E-state index contributed by atoms with van der Waals surface area (Å²) < 4.78 is 5.07. The number of methoxy groups -OCH3 is 1. The predicted molar refractivity (Wildman–Crippen MR) is 101 cm³/mol. The van der Waals surface area contributed by atoms with Crippen LogP contribution in [0.2, 0.25) is 0 Å². The first-order chi connectivity index (χ1) is 12.0. The Bertz CT molecular complexity index is 568. The van der Waals surface area contributed by atoms with E-state index in [0.717, 1.165) is 13.0 Å². The Kier molecular flexibility index (Phi) is 7.25. The summed E-state index contributed by atoms with van der Waals surface area (Å²) in [5.74, 6) is 0.657. The van der Waals surface area contributed by atoms with Crippen molar-refractivity contribution < 1.29 is 9.53 Å². The molecule has 6 heteroatoms. The lowest BCUT2D eigenvalue weighted by Gasteiger charge is -2.19. The molecule has 0 aromatic heterocycles. The second kappa shape index (κ2) is 9.42. The number of benzene rings is 1. The van der Waals surface area contributed by atoms with Crippen LogP contribution in [0, 0.1) is 5.41 Å². The van der Waals surface area contributed by atoms with Crippen LogP contribution >= 0.6 is 0 Å². The van der Waals surface area contributed by atoms with Crippen molar-refractivity contribution in [2.75, 3.05) is 47.4 Å². The number of carbonyl (C=O) groups excluding carboxylic acids is 1. The Morgan fingerprint density at radius 2 is 1.96 bits per heavy atom. The average molecular weight is 346 g/mol. The van der Waals surface area contributed by atoms with Crippen LogP contribution in [0.25, 0.3) is 0 Å². The molecule has 1 amide bonds. The van der Waals surface area contributed by atoms with Crippen molar-refractivity contribution in [2.24, 2.45) is 10.4 Å². The summed E-state index contributed by atoms with van der Waals surface area (Å²) in [6, 6.07) is 10.6. The second-order valence-corrected chi connectivity index (χ2v) is 6.89. The molecule has 0 radical (unpaired) electrons. The van der Waals surface area contributed by atoms with E-state index in [1.165, 1.54) is 18.4 Å². The third kappa shape index (κ3) is 6.74. The van der Waals surface area contributed by atoms with Gasteiger partial charge in [0, 0.05) is 34.3 Å². The molecule has 0 unspecified atom stereocenters. The summed E-state index contributed by atoms with van der Waals surface area (Å²) in [6.45, 7) is 2.25. The van der Waals surface area contributed by atoms with E-state index < -0.39 is 0 Å². The van der Waals surface area contributed by atoms with Gasteiger partial charge < -0.3 is 20.3 Å². The lowest BCUT2D eigenvalue weighted by atomic mass is 9.96. The third-order valence-electron chi connectivity index (χ3n) is 4.48. The summed E-state index contributed by atoms with van der Waals surface area (Å²) >= 11 is 0. The van der Waals surface area contributed by atoms with Crippen molar-refractivity contribution in [3.8, 4) is 0 Å². The van der Waals surface area contributed by atoms with Crippen LogP contribution in [-0.4, -0.2) is 64.2 Å². The van der Waals surface area contributed by atoms with E-state index in [1.807, 2.05) is 6.07 Å². The van der Waals surface area contributed by atoms with Gasteiger partial charge in [0.15, 0.2) is 5.96 Å². The normalized spacial score (nSPS) is 15.6. The minimum absolute atomic E-state index is 0.0155. The zero-order chi connectivity index (χ0) is 18.1. The summed E-state index contributed by atoms with van der Waals surface area (Å²) in [7, 11) is 5.14. The maximum absolute atomic E-state index is 11.8. The van der Waals surface area contributed by atoms with Gasteiger partial charge in [-0.1, -0.05) is 30.3 Å². The highest BCUT2D eigenvalue weighted by Gasteiger charge is 2.42. The third-order valence-corrected chi connectivity index (χ3v) is 4.48. The fraction of sp³-hybridized carbons (Fsp3) is 0.579. The highest BCUT2D eigenvalue weighted by atomic mass is 16.5. The van der Waals surface area contributed by atoms with Crippen LogP contribution in [0.4, 0.5) is 0 Å². The molecule has 1 fully saturated rings. The Morgan fingerprint density at radius 3 is 2.56 bits per heavy atom. The molecule has 2 N–H and O–H groups in total. The van der Waals surface area contributed by atoms with Gasteiger partial charge in [-0.15, -0.1) is 0 Å². The molecule has 1 saturated carbocycles. The van der Waals surface area contributed by atoms with Crippen LogP contribution in [0.15, 0.2) is 35.3 Å². The van der Waals surface area contributed by atoms with Crippen molar-refractivity contribution in [3.05, 3.63) is 35.9 Å². The fourth-order valence-electron chi connectivity index (χ4n) is 2.63. The Labute approximate surface area is 150 Å². The zero-order valence-corrected chi connectivity index (χ0v) is 15.5. The molecular weight excluding hydrogens is 316 g/mol. The molecule has 0 bridgehead atoms. The molecule has 2 rings (SSSR count). The van der Waals surface area contributed by atoms with Gasteiger partial charge in [0.25, 0.3) is 0 Å². The molecule has 0 atom stereocenters. The topological polar surface area (TPSA) is 66.0 Å². The Balaban J connectivity index is 1.89. The quantitative estimate of drug-likeness (QED) is 0.402. The van der Waals surface area contributed by atoms with E-state index in [-0.39, 0.29) is 12.5 Å². The maximum Gasteiger partial charge on any atom is 0.243 e. The summed E-state index contributed by atoms with van der Waals surface area (Å²) in [6.07, 6.45) is 3.51. The fourth-order valence-corrected chi connectivity index (χ4v) is 2.63. The van der Waals surface area contributed by atoms with Gasteiger partial charge in [0.2, 0.25) is 5.91 Å². The molecule has 0 heterocycles. The largest absolute Gasteiger partial charge is 0.383 e. The summed E-state index contributed by atoms with van der Waals surface area (Å²) in [4.78, 5) is 17.7. The molecule has 1 aromatic rings. The molecule has 1 aliphatic rings. The van der Waals surface area contributed by atoms with Crippen molar-refractivity contribution >= 4 is 11.9 Å². The predicted octanol–water partition coefficient (Wildman–Crippen LogP) is 1.28. The number of ether oxygens (including phenoxy) is 1. The number of amides is 1. The van der Waals surface area contributed by atoms with Gasteiger partial charge in [0.05, 0.1) is 6.61 Å². The number of nitrogens with zero attached hydrogens (tertiary/aromatic N) is 2. The van der Waals surface area contributed by atoms with Gasteiger partial charge in [-0.25, -0.2) is 4.99 Å². The maximum atomic E-state index is 11.8. The van der Waals surface area contributed by atoms with Crippen LogP contribution in [-0.2, 0) is 16.0 Å². The van der Waals surface area contributed by atoms with Crippen molar-refractivity contribution in [2.45, 2.75) is 19.3 Å². The highest BCUT2D eigenvalue weighted by molar-refractivity contribution is 5.84. The monoisotopic (exact) mass is 346 g/mol. The SMILES string of the molecule is COCCNC(=NCC(=O)N(C)C)NCC1(Cc2ccccc2)CC1. The van der Waals surface area contributed by atoms with E-state index >= 15 is 0 Å². The lowest BCUT2D eigenvalue weighted by molar-refractivity contribution is -0.127. The minimum atomic E-state index is -0.0155. The number of likely N-dealkylation sites (N-methyl/N-ethyl adjacent to an activating group) is 1. The average Bonchev–Trinajstić information content (AvgIpc) is 3.37. The van der Waals surface area contributed by atoms with Gasteiger partial charge in [-0.3, -0.25) is 4.79 Å². The molecule has 138 valence electrons. The van der Waals surface area contributed by atoms with Crippen LogP contribution in [0.5, 0.6) is 0 Å². The first-order valence-corrected chi connectivity index (χ1v) is 8.80. The number of hydrogen-bond acceptors (Lipinski definition) is 3. The smallest absolute Gasteiger partial charge is 0.243 e. The van der Waals surface area contributed by atoms with Gasteiger partial charge in [-0.2, -0.15) is 0 Å². The van der Waals surface area contributed by atoms with Crippen LogP contribution < -0.4 is 10.6 Å². The molecule has 1 aliphatic carbocycles. The Hall–Kier alpha value is -2.08. The van der Waals surface area contributed by atoms with Crippen LogP contribution in [0.3, 0.4) is 0 Å². The molecule has 0 spiro atoms. The summed E-state index contributed by atoms with van der Waals surface area (Å²) in [5, 5.41) is 6.63. The van der Waals surface area contributed by atoms with E-state index in [4.69, 9.17) is 4.74 Å².